The Morgan fingerprint density at radius 1 is 0.848 bits per heavy atom. The van der Waals surface area contributed by atoms with Crippen molar-refractivity contribution in [2.75, 3.05) is 25.0 Å². The molecule has 6 rings (SSSR count). The number of carbonyl (C=O) groups is 3. The van der Waals surface area contributed by atoms with Crippen LogP contribution in [0.15, 0.2) is 115 Å². The fourth-order valence-corrected chi connectivity index (χ4v) is 5.41. The topological polar surface area (TPSA) is 109 Å². The second-order valence-corrected chi connectivity index (χ2v) is 11.6. The Morgan fingerprint density at radius 3 is 2.33 bits per heavy atom. The van der Waals surface area contributed by atoms with Crippen LogP contribution >= 0.6 is 0 Å². The molecule has 46 heavy (non-hydrogen) atoms. The Hall–Kier alpha value is -5.50. The highest BCUT2D eigenvalue weighted by molar-refractivity contribution is 6.12. The number of hydrogen-bond donors (Lipinski definition) is 2. The minimum absolute atomic E-state index is 0.101. The number of ether oxygens (including phenoxy) is 1. The molecule has 8 heteroatoms. The normalized spacial score (nSPS) is 13.1. The van der Waals surface area contributed by atoms with Crippen LogP contribution < -0.4 is 10.1 Å². The molecule has 232 valence electrons. The highest BCUT2D eigenvalue weighted by atomic mass is 16.5. The van der Waals surface area contributed by atoms with Gasteiger partial charge in [-0.25, -0.2) is 9.78 Å². The zero-order valence-electron chi connectivity index (χ0n) is 25.3. The predicted octanol–water partition coefficient (Wildman–Crippen LogP) is 6.50. The quantitative estimate of drug-likeness (QED) is 0.138. The molecular weight excluding hydrogens is 578 g/mol. The van der Waals surface area contributed by atoms with E-state index in [0.717, 1.165) is 29.3 Å². The molecule has 1 saturated carbocycles. The molecule has 2 N–H and O–H groups in total. The van der Waals surface area contributed by atoms with Gasteiger partial charge in [-0.1, -0.05) is 78.9 Å². The Morgan fingerprint density at radius 2 is 1.57 bits per heavy atom. The third-order valence-corrected chi connectivity index (χ3v) is 8.11. The second-order valence-electron chi connectivity index (χ2n) is 11.6. The Kier molecular flexibility index (Phi) is 9.34. The Bertz CT molecular complexity index is 1840. The lowest BCUT2D eigenvalue weighted by Crippen LogP contribution is -2.36. The molecule has 1 fully saturated rings. The summed E-state index contributed by atoms with van der Waals surface area (Å²) < 4.78 is 6.00. The summed E-state index contributed by atoms with van der Waals surface area (Å²) in [4.78, 5) is 45.2. The average molecular weight is 614 g/mol. The van der Waals surface area contributed by atoms with Crippen LogP contribution in [-0.4, -0.2) is 58.4 Å². The zero-order valence-corrected chi connectivity index (χ0v) is 25.3. The summed E-state index contributed by atoms with van der Waals surface area (Å²) >= 11 is 0. The number of hydrogen-bond acceptors (Lipinski definition) is 6. The lowest BCUT2D eigenvalue weighted by Gasteiger charge is -2.22. The highest BCUT2D eigenvalue weighted by Crippen LogP contribution is 2.30. The van der Waals surface area contributed by atoms with Gasteiger partial charge < -0.3 is 20.1 Å². The molecule has 0 radical (unpaired) electrons. The van der Waals surface area contributed by atoms with Crippen molar-refractivity contribution in [1.82, 2.24) is 9.88 Å². The maximum Gasteiger partial charge on any atom is 0.326 e. The minimum Gasteiger partial charge on any atom is -0.492 e. The van der Waals surface area contributed by atoms with E-state index in [0.29, 0.717) is 53.9 Å². The molecule has 0 bridgehead atoms. The Labute approximate surface area is 267 Å². The molecule has 1 aliphatic carbocycles. The van der Waals surface area contributed by atoms with E-state index in [1.807, 2.05) is 53.4 Å². The number of nitrogens with zero attached hydrogens (tertiary/aromatic N) is 2. The van der Waals surface area contributed by atoms with Crippen molar-refractivity contribution in [3.63, 3.8) is 0 Å². The minimum atomic E-state index is -1.02. The van der Waals surface area contributed by atoms with Crippen LogP contribution in [0.1, 0.15) is 44.8 Å². The molecule has 1 aliphatic rings. The number of carboxylic acid groups (broad SMARTS) is 1. The van der Waals surface area contributed by atoms with Crippen molar-refractivity contribution < 1.29 is 24.2 Å². The molecular formula is C38H35N3O5. The first-order valence-corrected chi connectivity index (χ1v) is 15.5. The van der Waals surface area contributed by atoms with Crippen molar-refractivity contribution in [3.8, 4) is 5.75 Å². The first-order chi connectivity index (χ1) is 22.4. The molecule has 8 nitrogen and oxygen atoms in total. The van der Waals surface area contributed by atoms with E-state index in [-0.39, 0.29) is 18.1 Å². The van der Waals surface area contributed by atoms with E-state index in [9.17, 15) is 19.5 Å². The first-order valence-electron chi connectivity index (χ1n) is 15.5. The maximum absolute atomic E-state index is 13.4. The van der Waals surface area contributed by atoms with Crippen molar-refractivity contribution in [3.05, 3.63) is 138 Å². The fraction of sp³-hybridized carbons (Fsp3) is 0.211. The van der Waals surface area contributed by atoms with Crippen molar-refractivity contribution in [1.29, 1.82) is 0 Å². The number of para-hydroxylation sites is 2. The molecule has 0 spiro atoms. The van der Waals surface area contributed by atoms with Gasteiger partial charge in [-0.2, -0.15) is 0 Å². The van der Waals surface area contributed by atoms with E-state index < -0.39 is 12.0 Å². The first kappa shape index (κ1) is 30.5. The number of aromatic nitrogens is 1. The van der Waals surface area contributed by atoms with Gasteiger partial charge in [0.15, 0.2) is 5.78 Å². The summed E-state index contributed by atoms with van der Waals surface area (Å²) in [7, 11) is 0. The van der Waals surface area contributed by atoms with Crippen molar-refractivity contribution >= 4 is 34.3 Å². The van der Waals surface area contributed by atoms with Crippen LogP contribution in [0.2, 0.25) is 0 Å². The van der Waals surface area contributed by atoms with E-state index in [1.54, 1.807) is 66.7 Å². The summed E-state index contributed by atoms with van der Waals surface area (Å²) in [5.41, 5.74) is 3.43. The maximum atomic E-state index is 13.4. The molecule has 5 aromatic rings. The summed E-state index contributed by atoms with van der Waals surface area (Å²) in [5, 5.41) is 14.1. The molecule has 0 unspecified atom stereocenters. The number of carbonyl (C=O) groups excluding carboxylic acids is 2. The zero-order chi connectivity index (χ0) is 31.9. The second kappa shape index (κ2) is 14.1. The number of pyridine rings is 1. The van der Waals surface area contributed by atoms with E-state index in [1.165, 1.54) is 0 Å². The van der Waals surface area contributed by atoms with Crippen molar-refractivity contribution in [2.24, 2.45) is 5.92 Å². The third-order valence-electron chi connectivity index (χ3n) is 8.11. The van der Waals surface area contributed by atoms with Gasteiger partial charge in [-0.3, -0.25) is 9.59 Å². The number of anilines is 1. The van der Waals surface area contributed by atoms with Gasteiger partial charge in [0, 0.05) is 35.2 Å². The lowest BCUT2D eigenvalue weighted by molar-refractivity contribution is -0.137. The lowest BCUT2D eigenvalue weighted by atomic mass is 10.00. The Balaban J connectivity index is 1.07. The number of amides is 1. The van der Waals surface area contributed by atoms with Gasteiger partial charge >= 0.3 is 5.97 Å². The molecule has 1 amide bonds. The molecule has 1 aromatic heterocycles. The van der Waals surface area contributed by atoms with Gasteiger partial charge in [0.1, 0.15) is 24.1 Å². The van der Waals surface area contributed by atoms with Gasteiger partial charge in [-0.15, -0.1) is 0 Å². The number of ketones is 1. The van der Waals surface area contributed by atoms with Crippen LogP contribution in [0.4, 0.5) is 5.69 Å². The third kappa shape index (κ3) is 7.58. The van der Waals surface area contributed by atoms with E-state index in [2.05, 4.69) is 10.3 Å². The van der Waals surface area contributed by atoms with Crippen LogP contribution in [0.25, 0.3) is 10.9 Å². The van der Waals surface area contributed by atoms with Gasteiger partial charge in [0.05, 0.1) is 12.1 Å². The fourth-order valence-electron chi connectivity index (χ4n) is 5.41. The molecule has 4 aromatic carbocycles. The van der Waals surface area contributed by atoms with Crippen LogP contribution in [0, 0.1) is 5.92 Å². The summed E-state index contributed by atoms with van der Waals surface area (Å²) in [6.07, 6.45) is 2.45. The number of fused-ring (bicyclic) bond motifs is 1. The summed E-state index contributed by atoms with van der Waals surface area (Å²) in [6.45, 7) is 1.42. The standard InChI is InChI=1S/C38H35N3O5/c42-36(29-9-2-1-3-10-29)31-11-5-7-13-33(31)40-35(38(44)45)24-26-16-19-30(20-17-26)46-23-22-41(25-27-14-15-27)37(43)34-21-18-28-8-4-6-12-32(28)39-34/h1-13,16-21,27,35,40H,14-15,22-25H2,(H,44,45)/t35-/m0/s1. The monoisotopic (exact) mass is 613 g/mol. The van der Waals surface area contributed by atoms with Crippen molar-refractivity contribution in [2.45, 2.75) is 25.3 Å². The number of aliphatic carboxylic acids is 1. The van der Waals surface area contributed by atoms with Crippen LogP contribution in [0.3, 0.4) is 0 Å². The molecule has 1 heterocycles. The molecule has 1 atom stereocenters. The summed E-state index contributed by atoms with van der Waals surface area (Å²) in [5.74, 6) is -0.160. The largest absolute Gasteiger partial charge is 0.492 e. The number of carboxylic acids is 1. The number of nitrogens with one attached hydrogen (secondary N) is 1. The van der Waals surface area contributed by atoms with E-state index >= 15 is 0 Å². The molecule has 0 saturated heterocycles. The van der Waals surface area contributed by atoms with Crippen LogP contribution in [-0.2, 0) is 11.2 Å². The number of benzene rings is 4. The summed E-state index contributed by atoms with van der Waals surface area (Å²) in [6, 6.07) is 33.6. The van der Waals surface area contributed by atoms with Gasteiger partial charge in [0.25, 0.3) is 5.91 Å². The smallest absolute Gasteiger partial charge is 0.326 e. The van der Waals surface area contributed by atoms with E-state index in [4.69, 9.17) is 4.74 Å². The molecule has 0 aliphatic heterocycles. The number of rotatable bonds is 14. The predicted molar refractivity (Wildman–Crippen MR) is 177 cm³/mol. The van der Waals surface area contributed by atoms with Gasteiger partial charge in [-0.05, 0) is 60.7 Å². The SMILES string of the molecule is O=C(c1ccccc1)c1ccccc1N[C@@H](Cc1ccc(OCCN(CC2CC2)C(=O)c2ccc3ccccc3n2)cc1)C(=O)O. The highest BCUT2D eigenvalue weighted by Gasteiger charge is 2.28. The average Bonchev–Trinajstić information content (AvgIpc) is 3.92. The van der Waals surface area contributed by atoms with Crippen LogP contribution in [0.5, 0.6) is 5.75 Å². The van der Waals surface area contributed by atoms with Gasteiger partial charge in [0.2, 0.25) is 0 Å².